The second-order valence-electron chi connectivity index (χ2n) is 8.40. The Balaban J connectivity index is 2.03. The number of methoxy groups -OCH3 is 2. The molecule has 0 N–H and O–H groups in total. The van der Waals surface area contributed by atoms with Crippen molar-refractivity contribution in [1.82, 2.24) is 4.90 Å². The second kappa shape index (κ2) is 6.63. The van der Waals surface area contributed by atoms with Gasteiger partial charge in [0, 0.05) is 6.54 Å². The van der Waals surface area contributed by atoms with E-state index < -0.39 is 25.4 Å². The van der Waals surface area contributed by atoms with Gasteiger partial charge in [-0.25, -0.2) is 4.79 Å². The lowest BCUT2D eigenvalue weighted by molar-refractivity contribution is -0.167. The summed E-state index contributed by atoms with van der Waals surface area (Å²) in [7, 11) is 1.02. The van der Waals surface area contributed by atoms with Crippen LogP contribution in [0.1, 0.15) is 25.8 Å². The van der Waals surface area contributed by atoms with Gasteiger partial charge in [-0.05, 0) is 57.1 Å². The molecule has 2 heterocycles. The van der Waals surface area contributed by atoms with Crippen molar-refractivity contribution < 1.29 is 23.5 Å². The summed E-state index contributed by atoms with van der Waals surface area (Å²) in [5.41, 5.74) is -1.14. The van der Waals surface area contributed by atoms with Crippen molar-refractivity contribution in [3.63, 3.8) is 0 Å². The van der Waals surface area contributed by atoms with Crippen molar-refractivity contribution in [2.24, 2.45) is 5.92 Å². The van der Waals surface area contributed by atoms with Crippen molar-refractivity contribution >= 4 is 20.2 Å². The average Bonchev–Trinajstić information content (AvgIpc) is 2.78. The van der Waals surface area contributed by atoms with Crippen LogP contribution in [0.4, 0.5) is 0 Å². The van der Waals surface area contributed by atoms with Crippen molar-refractivity contribution in [2.75, 3.05) is 14.2 Å². The van der Waals surface area contributed by atoms with Crippen LogP contribution in [0.3, 0.4) is 0 Å². The number of carbonyl (C=O) groups excluding carboxylic acids is 2. The molecule has 0 bridgehead atoms. The minimum atomic E-state index is -1.96. The first kappa shape index (κ1) is 19.9. The molecule has 27 heavy (non-hydrogen) atoms. The van der Waals surface area contributed by atoms with Crippen LogP contribution in [0.5, 0.6) is 5.75 Å². The third-order valence-corrected chi connectivity index (χ3v) is 8.81. The highest BCUT2D eigenvalue weighted by Crippen LogP contribution is 2.53. The number of rotatable bonds is 4. The minimum Gasteiger partial charge on any atom is -0.497 e. The van der Waals surface area contributed by atoms with Crippen LogP contribution < -0.4 is 4.74 Å². The van der Waals surface area contributed by atoms with Crippen molar-refractivity contribution in [3.05, 3.63) is 29.8 Å². The second-order valence-corrected chi connectivity index (χ2v) is 12.6. The number of hydrogen-bond acceptors (Lipinski definition) is 5. The summed E-state index contributed by atoms with van der Waals surface area (Å²) in [6.45, 7) is 8.31. The highest BCUT2D eigenvalue weighted by molar-refractivity contribution is 6.71. The van der Waals surface area contributed by atoms with E-state index in [4.69, 9.17) is 13.9 Å². The molecular formula is C20H29NO5Si. The maximum atomic E-state index is 13.3. The van der Waals surface area contributed by atoms with Gasteiger partial charge in [0.2, 0.25) is 5.91 Å². The number of amides is 1. The summed E-state index contributed by atoms with van der Waals surface area (Å²) in [6, 6.07) is 8.44. The molecule has 2 aliphatic heterocycles. The topological polar surface area (TPSA) is 65.1 Å². The van der Waals surface area contributed by atoms with Crippen LogP contribution in [0.2, 0.25) is 19.1 Å². The summed E-state index contributed by atoms with van der Waals surface area (Å²) < 4.78 is 16.9. The SMILES string of the molecule is COC(=O)[C@]1(C)N(Cc2ccc(OC)cc2)C(=O)[C@@H]2CC[Si](C)(C)O[C@@]21C. The van der Waals surface area contributed by atoms with Gasteiger partial charge in [-0.3, -0.25) is 4.79 Å². The van der Waals surface area contributed by atoms with Gasteiger partial charge in [-0.1, -0.05) is 12.1 Å². The Morgan fingerprint density at radius 3 is 2.44 bits per heavy atom. The number of ether oxygens (including phenoxy) is 2. The molecular weight excluding hydrogens is 362 g/mol. The lowest BCUT2D eigenvalue weighted by atomic mass is 9.76. The average molecular weight is 392 g/mol. The van der Waals surface area contributed by atoms with Crippen molar-refractivity contribution in [1.29, 1.82) is 0 Å². The monoisotopic (exact) mass is 391 g/mol. The summed E-state index contributed by atoms with van der Waals surface area (Å²) >= 11 is 0. The van der Waals surface area contributed by atoms with Crippen molar-refractivity contribution in [2.45, 2.75) is 57.1 Å². The summed E-state index contributed by atoms with van der Waals surface area (Å²) in [5.74, 6) is -0.0499. The third-order valence-electron chi connectivity index (χ3n) is 6.34. The van der Waals surface area contributed by atoms with E-state index in [-0.39, 0.29) is 11.8 Å². The lowest BCUT2D eigenvalue weighted by Gasteiger charge is -2.50. The van der Waals surface area contributed by atoms with Gasteiger partial charge < -0.3 is 18.8 Å². The highest BCUT2D eigenvalue weighted by Gasteiger charge is 2.71. The Bertz CT molecular complexity index is 749. The molecule has 2 aliphatic rings. The molecule has 0 unspecified atom stereocenters. The number of benzene rings is 1. The zero-order chi connectivity index (χ0) is 20.0. The van der Waals surface area contributed by atoms with Crippen LogP contribution in [-0.4, -0.2) is 50.5 Å². The first-order valence-corrected chi connectivity index (χ1v) is 12.4. The standard InChI is InChI=1S/C20H29NO5Si/c1-19(18(23)25-4)20(2)16(11-12-27(5,6)26-20)17(22)21(19)13-14-7-9-15(24-3)10-8-14/h7-10,16H,11-13H2,1-6H3/t16-,19-,20-/m0/s1. The van der Waals surface area contributed by atoms with Crippen LogP contribution in [0.25, 0.3) is 0 Å². The van der Waals surface area contributed by atoms with Gasteiger partial charge in [0.05, 0.1) is 25.7 Å². The maximum absolute atomic E-state index is 13.3. The molecule has 0 saturated carbocycles. The first-order chi connectivity index (χ1) is 12.6. The number of nitrogens with zero attached hydrogens (tertiary/aromatic N) is 1. The zero-order valence-electron chi connectivity index (χ0n) is 17.0. The third kappa shape index (κ3) is 2.97. The van der Waals surface area contributed by atoms with Crippen LogP contribution >= 0.6 is 0 Å². The molecule has 2 saturated heterocycles. The number of carbonyl (C=O) groups is 2. The van der Waals surface area contributed by atoms with E-state index in [0.717, 1.165) is 23.8 Å². The van der Waals surface area contributed by atoms with E-state index in [0.29, 0.717) is 6.54 Å². The number of hydrogen-bond donors (Lipinski definition) is 0. The molecule has 1 aromatic rings. The first-order valence-electron chi connectivity index (χ1n) is 9.32. The lowest BCUT2D eigenvalue weighted by Crippen LogP contribution is -2.66. The van der Waals surface area contributed by atoms with E-state index in [2.05, 4.69) is 13.1 Å². The molecule has 0 radical (unpaired) electrons. The molecule has 1 amide bonds. The number of fused-ring (bicyclic) bond motifs is 1. The number of likely N-dealkylation sites (tertiary alicyclic amines) is 1. The molecule has 0 aromatic heterocycles. The van der Waals surface area contributed by atoms with Gasteiger partial charge in [0.1, 0.15) is 5.75 Å². The molecule has 6 nitrogen and oxygen atoms in total. The van der Waals surface area contributed by atoms with Crippen LogP contribution in [-0.2, 0) is 25.3 Å². The van der Waals surface area contributed by atoms with Gasteiger partial charge in [-0.2, -0.15) is 0 Å². The number of esters is 1. The Labute approximate surface area is 161 Å². The molecule has 0 aliphatic carbocycles. The summed E-state index contributed by atoms with van der Waals surface area (Å²) in [4.78, 5) is 28.0. The Morgan fingerprint density at radius 2 is 1.89 bits per heavy atom. The molecule has 3 atom stereocenters. The summed E-state index contributed by atoms with van der Waals surface area (Å²) in [6.07, 6.45) is 0.750. The Hall–Kier alpha value is -1.86. The minimum absolute atomic E-state index is 0.0364. The molecule has 0 spiro atoms. The smallest absolute Gasteiger partial charge is 0.334 e. The highest BCUT2D eigenvalue weighted by atomic mass is 28.4. The van der Waals surface area contributed by atoms with E-state index in [1.807, 2.05) is 31.2 Å². The molecule has 3 rings (SSSR count). The van der Waals surface area contributed by atoms with Crippen LogP contribution in [0.15, 0.2) is 24.3 Å². The fourth-order valence-corrected chi connectivity index (χ4v) is 7.17. The van der Waals surface area contributed by atoms with E-state index in [1.54, 1.807) is 18.9 Å². The fourth-order valence-electron chi connectivity index (χ4n) is 4.60. The molecule has 7 heteroatoms. The predicted molar refractivity (Wildman–Crippen MR) is 104 cm³/mol. The van der Waals surface area contributed by atoms with Crippen LogP contribution in [0, 0.1) is 5.92 Å². The zero-order valence-corrected chi connectivity index (χ0v) is 18.0. The van der Waals surface area contributed by atoms with E-state index >= 15 is 0 Å². The van der Waals surface area contributed by atoms with Crippen molar-refractivity contribution in [3.8, 4) is 5.75 Å². The van der Waals surface area contributed by atoms with Gasteiger partial charge in [0.15, 0.2) is 13.9 Å². The Kier molecular flexibility index (Phi) is 4.89. The normalized spacial score (nSPS) is 32.1. The van der Waals surface area contributed by atoms with Gasteiger partial charge >= 0.3 is 5.97 Å². The van der Waals surface area contributed by atoms with E-state index in [1.165, 1.54) is 7.11 Å². The Morgan fingerprint density at radius 1 is 1.26 bits per heavy atom. The molecule has 148 valence electrons. The fraction of sp³-hybridized carbons (Fsp3) is 0.600. The maximum Gasteiger partial charge on any atom is 0.334 e. The summed E-state index contributed by atoms with van der Waals surface area (Å²) in [5, 5.41) is 0. The molecule has 2 fully saturated rings. The predicted octanol–water partition coefficient (Wildman–Crippen LogP) is 2.97. The largest absolute Gasteiger partial charge is 0.497 e. The van der Waals surface area contributed by atoms with E-state index in [9.17, 15) is 9.59 Å². The quantitative estimate of drug-likeness (QED) is 0.583. The van der Waals surface area contributed by atoms with Gasteiger partial charge in [0.25, 0.3) is 0 Å². The van der Waals surface area contributed by atoms with Gasteiger partial charge in [-0.15, -0.1) is 0 Å². The molecule has 1 aromatic carbocycles.